The molecule has 0 heterocycles. The maximum Gasteiger partial charge on any atom is 0.418 e. The van der Waals surface area contributed by atoms with E-state index < -0.39 is 12.3 Å². The highest BCUT2D eigenvalue weighted by molar-refractivity contribution is 9.10. The van der Waals surface area contributed by atoms with Gasteiger partial charge in [-0.3, -0.25) is 0 Å². The van der Waals surface area contributed by atoms with Gasteiger partial charge in [0.15, 0.2) is 6.10 Å². The Morgan fingerprint density at radius 3 is 2.47 bits per heavy atom. The highest BCUT2D eigenvalue weighted by atomic mass is 79.9. The zero-order chi connectivity index (χ0) is 11.6. The van der Waals surface area contributed by atoms with Crippen molar-refractivity contribution >= 4 is 15.9 Å². The Kier molecular flexibility index (Phi) is 3.37. The van der Waals surface area contributed by atoms with Crippen molar-refractivity contribution in [2.45, 2.75) is 12.3 Å². The predicted molar refractivity (Wildman–Crippen MR) is 49.9 cm³/mol. The molecule has 1 aromatic carbocycles. The minimum absolute atomic E-state index is 0.0662. The van der Waals surface area contributed by atoms with Crippen LogP contribution in [0.15, 0.2) is 22.7 Å². The molecule has 80 valence electrons. The largest absolute Gasteiger partial charge is 0.418 e. The molecule has 1 rings (SSSR count). The molecule has 2 nitrogen and oxygen atoms in total. The van der Waals surface area contributed by atoms with Gasteiger partial charge in [-0.05, 0) is 18.2 Å². The molecule has 0 spiro atoms. The van der Waals surface area contributed by atoms with E-state index in [0.29, 0.717) is 0 Å². The van der Waals surface area contributed by atoms with Crippen LogP contribution in [0.4, 0.5) is 13.2 Å². The summed E-state index contributed by atoms with van der Waals surface area (Å²) in [6, 6.07) is 5.36. The van der Waals surface area contributed by atoms with E-state index in [4.69, 9.17) is 10.4 Å². The first-order valence-corrected chi connectivity index (χ1v) is 4.60. The average Bonchev–Trinajstić information content (AvgIpc) is 2.16. The topological polar surface area (TPSA) is 44.0 Å². The second kappa shape index (κ2) is 4.21. The van der Waals surface area contributed by atoms with E-state index in [1.54, 1.807) is 6.07 Å². The fraction of sp³-hybridized carbons (Fsp3) is 0.222. The molecule has 0 bridgehead atoms. The van der Waals surface area contributed by atoms with Gasteiger partial charge in [0.05, 0.1) is 11.6 Å². The van der Waals surface area contributed by atoms with E-state index in [0.717, 1.165) is 6.07 Å². The molecule has 0 aromatic heterocycles. The second-order valence-corrected chi connectivity index (χ2v) is 3.65. The first kappa shape index (κ1) is 12.0. The van der Waals surface area contributed by atoms with E-state index in [-0.39, 0.29) is 15.6 Å². The Balaban J connectivity index is 3.20. The molecule has 0 saturated carbocycles. The number of alkyl halides is 3. The van der Waals surface area contributed by atoms with Gasteiger partial charge in [0.2, 0.25) is 0 Å². The normalized spacial score (nSPS) is 13.3. The molecule has 0 aliphatic carbocycles. The van der Waals surface area contributed by atoms with Crippen LogP contribution < -0.4 is 0 Å². The van der Waals surface area contributed by atoms with Crippen LogP contribution in [0.5, 0.6) is 0 Å². The zero-order valence-electron chi connectivity index (χ0n) is 7.22. The summed E-state index contributed by atoms with van der Waals surface area (Å²) in [6.45, 7) is 0. The molecular formula is C9H5BrF3NO. The SMILES string of the molecule is N#Cc1ccc(Br)c(C(O)C(F)(F)F)c1. The van der Waals surface area contributed by atoms with Gasteiger partial charge in [-0.2, -0.15) is 18.4 Å². The minimum atomic E-state index is -4.74. The lowest BCUT2D eigenvalue weighted by Gasteiger charge is -2.16. The maximum atomic E-state index is 12.2. The van der Waals surface area contributed by atoms with Crippen molar-refractivity contribution < 1.29 is 18.3 Å². The molecular weight excluding hydrogens is 275 g/mol. The Labute approximate surface area is 92.1 Å². The van der Waals surface area contributed by atoms with Crippen molar-refractivity contribution in [1.82, 2.24) is 0 Å². The van der Waals surface area contributed by atoms with Gasteiger partial charge in [-0.15, -0.1) is 0 Å². The summed E-state index contributed by atoms with van der Waals surface area (Å²) in [5.74, 6) is 0. The number of rotatable bonds is 1. The smallest absolute Gasteiger partial charge is 0.379 e. The highest BCUT2D eigenvalue weighted by Gasteiger charge is 2.40. The molecule has 6 heteroatoms. The number of hydrogen-bond acceptors (Lipinski definition) is 2. The number of nitriles is 1. The van der Waals surface area contributed by atoms with Crippen molar-refractivity contribution in [2.75, 3.05) is 0 Å². The molecule has 1 unspecified atom stereocenters. The quantitative estimate of drug-likeness (QED) is 0.859. The molecule has 15 heavy (non-hydrogen) atoms. The lowest BCUT2D eigenvalue weighted by Crippen LogP contribution is -2.20. The maximum absolute atomic E-state index is 12.2. The van der Waals surface area contributed by atoms with Gasteiger partial charge >= 0.3 is 6.18 Å². The average molecular weight is 280 g/mol. The van der Waals surface area contributed by atoms with Gasteiger partial charge in [0.25, 0.3) is 0 Å². The predicted octanol–water partition coefficient (Wildman–Crippen LogP) is 2.92. The van der Waals surface area contributed by atoms with Gasteiger partial charge in [0, 0.05) is 10.0 Å². The fourth-order valence-electron chi connectivity index (χ4n) is 0.999. The number of aliphatic hydroxyl groups excluding tert-OH is 1. The second-order valence-electron chi connectivity index (χ2n) is 2.79. The van der Waals surface area contributed by atoms with Crippen LogP contribution in [0.3, 0.4) is 0 Å². The first-order valence-electron chi connectivity index (χ1n) is 3.80. The molecule has 0 aliphatic heterocycles. The monoisotopic (exact) mass is 279 g/mol. The van der Waals surface area contributed by atoms with Crippen LogP contribution in [0.2, 0.25) is 0 Å². The molecule has 0 amide bonds. The lowest BCUT2D eigenvalue weighted by atomic mass is 10.1. The number of aliphatic hydroxyl groups is 1. The van der Waals surface area contributed by atoms with Crippen LogP contribution in [-0.4, -0.2) is 11.3 Å². The Morgan fingerprint density at radius 1 is 1.40 bits per heavy atom. The van der Waals surface area contributed by atoms with E-state index >= 15 is 0 Å². The van der Waals surface area contributed by atoms with Gasteiger partial charge in [0.1, 0.15) is 0 Å². The van der Waals surface area contributed by atoms with Crippen molar-refractivity contribution in [3.63, 3.8) is 0 Å². The summed E-state index contributed by atoms with van der Waals surface area (Å²) < 4.78 is 36.7. The standard InChI is InChI=1S/C9H5BrF3NO/c10-7-2-1-5(4-14)3-6(7)8(15)9(11,12)13/h1-3,8,15H. The third kappa shape index (κ3) is 2.70. The highest BCUT2D eigenvalue weighted by Crippen LogP contribution is 2.36. The van der Waals surface area contributed by atoms with E-state index in [1.807, 2.05) is 0 Å². The minimum Gasteiger partial charge on any atom is -0.379 e. The first-order chi connectivity index (χ1) is 6.86. The van der Waals surface area contributed by atoms with Crippen molar-refractivity contribution in [3.05, 3.63) is 33.8 Å². The van der Waals surface area contributed by atoms with Crippen molar-refractivity contribution in [1.29, 1.82) is 5.26 Å². The van der Waals surface area contributed by atoms with Crippen molar-refractivity contribution in [3.8, 4) is 6.07 Å². The van der Waals surface area contributed by atoms with Crippen molar-refractivity contribution in [2.24, 2.45) is 0 Å². The lowest BCUT2D eigenvalue weighted by molar-refractivity contribution is -0.207. The molecule has 0 fully saturated rings. The summed E-state index contributed by atoms with van der Waals surface area (Å²) in [4.78, 5) is 0. The third-order valence-corrected chi connectivity index (χ3v) is 2.45. The number of halogens is 4. The van der Waals surface area contributed by atoms with Gasteiger partial charge in [-0.25, -0.2) is 0 Å². The van der Waals surface area contributed by atoms with Crippen LogP contribution in [0.1, 0.15) is 17.2 Å². The van der Waals surface area contributed by atoms with Crippen LogP contribution in [-0.2, 0) is 0 Å². The zero-order valence-corrected chi connectivity index (χ0v) is 8.80. The Hall–Kier alpha value is -1.06. The number of nitrogens with zero attached hydrogens (tertiary/aromatic N) is 1. The molecule has 0 radical (unpaired) electrons. The Bertz CT molecular complexity index is 411. The van der Waals surface area contributed by atoms with E-state index in [2.05, 4.69) is 15.9 Å². The summed E-state index contributed by atoms with van der Waals surface area (Å²) in [5.41, 5.74) is -0.293. The molecule has 1 aromatic rings. The number of hydrogen-bond donors (Lipinski definition) is 1. The molecule has 0 aliphatic rings. The summed E-state index contributed by atoms with van der Waals surface area (Å²) >= 11 is 2.88. The van der Waals surface area contributed by atoms with E-state index in [9.17, 15) is 13.2 Å². The summed E-state index contributed by atoms with van der Waals surface area (Å²) in [5, 5.41) is 17.5. The molecule has 1 atom stereocenters. The van der Waals surface area contributed by atoms with Crippen LogP contribution in [0.25, 0.3) is 0 Å². The number of benzene rings is 1. The van der Waals surface area contributed by atoms with Gasteiger partial charge in [-0.1, -0.05) is 15.9 Å². The van der Waals surface area contributed by atoms with E-state index in [1.165, 1.54) is 12.1 Å². The molecule has 0 saturated heterocycles. The fourth-order valence-corrected chi connectivity index (χ4v) is 1.46. The van der Waals surface area contributed by atoms with Crippen LogP contribution >= 0.6 is 15.9 Å². The summed E-state index contributed by atoms with van der Waals surface area (Å²) in [6.07, 6.45) is -7.32. The van der Waals surface area contributed by atoms with Gasteiger partial charge < -0.3 is 5.11 Å². The summed E-state index contributed by atoms with van der Waals surface area (Å²) in [7, 11) is 0. The Morgan fingerprint density at radius 2 is 2.00 bits per heavy atom. The molecule has 1 N–H and O–H groups in total. The third-order valence-electron chi connectivity index (χ3n) is 1.73. The van der Waals surface area contributed by atoms with Crippen LogP contribution in [0, 0.1) is 11.3 Å².